The monoisotopic (exact) mass is 262 g/mol. The van der Waals surface area contributed by atoms with E-state index >= 15 is 0 Å². The molecule has 1 aromatic heterocycles. The smallest absolute Gasteiger partial charge is 0.315 e. The highest BCUT2D eigenvalue weighted by Crippen LogP contribution is 2.32. The van der Waals surface area contributed by atoms with E-state index in [1.54, 1.807) is 6.20 Å². The summed E-state index contributed by atoms with van der Waals surface area (Å²) < 4.78 is 0. The maximum atomic E-state index is 11.8. The van der Waals surface area contributed by atoms with Crippen molar-refractivity contribution >= 4 is 11.8 Å². The van der Waals surface area contributed by atoms with Crippen molar-refractivity contribution in [3.8, 4) is 0 Å². The Morgan fingerprint density at radius 3 is 2.89 bits per heavy atom. The van der Waals surface area contributed by atoms with Gasteiger partial charge in [0.25, 0.3) is 0 Å². The molecule has 1 aromatic rings. The number of aromatic nitrogens is 1. The summed E-state index contributed by atoms with van der Waals surface area (Å²) in [4.78, 5) is 18.0. The molecule has 1 fully saturated rings. The van der Waals surface area contributed by atoms with Crippen molar-refractivity contribution in [2.45, 2.75) is 32.4 Å². The SMILES string of the molecule is CC(NC(=O)NCc1cccnc1N(C)C)C1CC1. The summed E-state index contributed by atoms with van der Waals surface area (Å²) in [5.41, 5.74) is 1.02. The van der Waals surface area contributed by atoms with Gasteiger partial charge in [0.1, 0.15) is 5.82 Å². The highest BCUT2D eigenvalue weighted by molar-refractivity contribution is 5.74. The fourth-order valence-corrected chi connectivity index (χ4v) is 2.12. The maximum absolute atomic E-state index is 11.8. The Kier molecular flexibility index (Phi) is 4.24. The lowest BCUT2D eigenvalue weighted by molar-refractivity contribution is 0.236. The van der Waals surface area contributed by atoms with Gasteiger partial charge in [-0.15, -0.1) is 0 Å². The third kappa shape index (κ3) is 3.84. The number of nitrogens with zero attached hydrogens (tertiary/aromatic N) is 2. The quantitative estimate of drug-likeness (QED) is 0.850. The van der Waals surface area contributed by atoms with Crippen molar-refractivity contribution in [2.75, 3.05) is 19.0 Å². The highest BCUT2D eigenvalue weighted by atomic mass is 16.2. The summed E-state index contributed by atoms with van der Waals surface area (Å²) in [6.07, 6.45) is 4.22. The van der Waals surface area contributed by atoms with Crippen molar-refractivity contribution in [3.63, 3.8) is 0 Å². The van der Waals surface area contributed by atoms with Crippen LogP contribution in [0.1, 0.15) is 25.3 Å². The number of hydrogen-bond acceptors (Lipinski definition) is 3. The number of anilines is 1. The Labute approximate surface area is 114 Å². The number of carbonyl (C=O) groups is 1. The molecule has 0 aliphatic heterocycles. The molecular weight excluding hydrogens is 240 g/mol. The summed E-state index contributed by atoms with van der Waals surface area (Å²) in [6.45, 7) is 2.55. The average Bonchev–Trinajstić information content (AvgIpc) is 3.20. The van der Waals surface area contributed by atoms with E-state index in [0.29, 0.717) is 12.5 Å². The molecule has 0 radical (unpaired) electrons. The molecule has 1 atom stereocenters. The largest absolute Gasteiger partial charge is 0.362 e. The van der Waals surface area contributed by atoms with Crippen LogP contribution in [0.15, 0.2) is 18.3 Å². The number of rotatable bonds is 5. The van der Waals surface area contributed by atoms with Crippen molar-refractivity contribution in [3.05, 3.63) is 23.9 Å². The van der Waals surface area contributed by atoms with Crippen molar-refractivity contribution in [2.24, 2.45) is 5.92 Å². The minimum absolute atomic E-state index is 0.104. The van der Waals surface area contributed by atoms with Crippen LogP contribution in [-0.2, 0) is 6.54 Å². The van der Waals surface area contributed by atoms with Crippen LogP contribution in [0.25, 0.3) is 0 Å². The predicted octanol–water partition coefficient (Wildman–Crippen LogP) is 1.75. The Morgan fingerprint density at radius 2 is 2.26 bits per heavy atom. The van der Waals surface area contributed by atoms with Crippen molar-refractivity contribution < 1.29 is 4.79 Å². The van der Waals surface area contributed by atoms with Gasteiger partial charge in [-0.25, -0.2) is 9.78 Å². The molecule has 1 aliphatic rings. The molecule has 1 unspecified atom stereocenters. The van der Waals surface area contributed by atoms with E-state index in [9.17, 15) is 4.79 Å². The maximum Gasteiger partial charge on any atom is 0.315 e. The van der Waals surface area contributed by atoms with Gasteiger partial charge in [-0.2, -0.15) is 0 Å². The topological polar surface area (TPSA) is 57.3 Å². The highest BCUT2D eigenvalue weighted by Gasteiger charge is 2.28. The van der Waals surface area contributed by atoms with Crippen LogP contribution in [-0.4, -0.2) is 31.2 Å². The summed E-state index contributed by atoms with van der Waals surface area (Å²) in [5, 5.41) is 5.87. The Bertz CT molecular complexity index is 443. The fourth-order valence-electron chi connectivity index (χ4n) is 2.12. The second kappa shape index (κ2) is 5.91. The van der Waals surface area contributed by atoms with E-state index in [2.05, 4.69) is 22.5 Å². The number of pyridine rings is 1. The van der Waals surface area contributed by atoms with E-state index in [0.717, 1.165) is 11.4 Å². The second-order valence-electron chi connectivity index (χ2n) is 5.33. The number of hydrogen-bond donors (Lipinski definition) is 2. The molecule has 2 N–H and O–H groups in total. The standard InChI is InChI=1S/C14H22N4O/c1-10(11-6-7-11)17-14(19)16-9-12-5-4-8-15-13(12)18(2)3/h4-5,8,10-11H,6-7,9H2,1-3H3,(H2,16,17,19). The number of nitrogens with one attached hydrogen (secondary N) is 2. The van der Waals surface area contributed by atoms with Gasteiger partial charge in [-0.1, -0.05) is 6.07 Å². The van der Waals surface area contributed by atoms with Gasteiger partial charge in [0, 0.05) is 38.4 Å². The first-order valence-electron chi connectivity index (χ1n) is 6.73. The van der Waals surface area contributed by atoms with Crippen molar-refractivity contribution in [1.29, 1.82) is 0 Å². The van der Waals surface area contributed by atoms with E-state index in [-0.39, 0.29) is 12.1 Å². The van der Waals surface area contributed by atoms with Crippen molar-refractivity contribution in [1.82, 2.24) is 15.6 Å². The van der Waals surface area contributed by atoms with E-state index in [1.807, 2.05) is 31.1 Å². The molecule has 1 heterocycles. The minimum atomic E-state index is -0.104. The first-order chi connectivity index (χ1) is 9.08. The molecule has 0 spiro atoms. The lowest BCUT2D eigenvalue weighted by atomic mass is 10.2. The van der Waals surface area contributed by atoms with Gasteiger partial charge in [0.05, 0.1) is 0 Å². The molecule has 0 saturated heterocycles. The second-order valence-corrected chi connectivity index (χ2v) is 5.33. The van der Waals surface area contributed by atoms with Crippen LogP contribution in [0, 0.1) is 5.92 Å². The van der Waals surface area contributed by atoms with E-state index in [4.69, 9.17) is 0 Å². The molecule has 19 heavy (non-hydrogen) atoms. The third-order valence-electron chi connectivity index (χ3n) is 3.42. The van der Waals surface area contributed by atoms with Gasteiger partial charge in [-0.05, 0) is 31.7 Å². The summed E-state index contributed by atoms with van der Waals surface area (Å²) >= 11 is 0. The number of carbonyl (C=O) groups excluding carboxylic acids is 1. The molecule has 5 heteroatoms. The van der Waals surface area contributed by atoms with Crippen LogP contribution in [0.5, 0.6) is 0 Å². The summed E-state index contributed by atoms with van der Waals surface area (Å²) in [7, 11) is 3.89. The van der Waals surface area contributed by atoms with Crippen LogP contribution in [0.2, 0.25) is 0 Å². The molecule has 1 aliphatic carbocycles. The van der Waals surface area contributed by atoms with Gasteiger partial charge >= 0.3 is 6.03 Å². The Balaban J connectivity index is 1.85. The molecule has 2 amide bonds. The van der Waals surface area contributed by atoms with Gasteiger partial charge in [0.2, 0.25) is 0 Å². The molecule has 2 rings (SSSR count). The van der Waals surface area contributed by atoms with Gasteiger partial charge < -0.3 is 15.5 Å². The number of urea groups is 1. The first-order valence-corrected chi connectivity index (χ1v) is 6.73. The number of amides is 2. The third-order valence-corrected chi connectivity index (χ3v) is 3.42. The minimum Gasteiger partial charge on any atom is -0.362 e. The van der Waals surface area contributed by atoms with E-state index in [1.165, 1.54) is 12.8 Å². The average molecular weight is 262 g/mol. The Hall–Kier alpha value is -1.78. The zero-order valence-corrected chi connectivity index (χ0v) is 11.8. The van der Waals surface area contributed by atoms with Crippen LogP contribution in [0.4, 0.5) is 10.6 Å². The van der Waals surface area contributed by atoms with Crippen LogP contribution in [0.3, 0.4) is 0 Å². The molecular formula is C14H22N4O. The zero-order valence-electron chi connectivity index (χ0n) is 11.8. The lowest BCUT2D eigenvalue weighted by Crippen LogP contribution is -2.41. The molecule has 0 bridgehead atoms. The summed E-state index contributed by atoms with van der Waals surface area (Å²) in [5.74, 6) is 1.56. The van der Waals surface area contributed by atoms with Crippen LogP contribution >= 0.6 is 0 Å². The predicted molar refractivity (Wildman–Crippen MR) is 76.1 cm³/mol. The van der Waals surface area contributed by atoms with E-state index < -0.39 is 0 Å². The molecule has 0 aromatic carbocycles. The molecule has 1 saturated carbocycles. The van der Waals surface area contributed by atoms with Gasteiger partial charge in [0.15, 0.2) is 0 Å². The normalized spacial score (nSPS) is 15.7. The lowest BCUT2D eigenvalue weighted by Gasteiger charge is -2.17. The molecule has 104 valence electrons. The summed E-state index contributed by atoms with van der Waals surface area (Å²) in [6, 6.07) is 4.02. The van der Waals surface area contributed by atoms with Gasteiger partial charge in [-0.3, -0.25) is 0 Å². The first kappa shape index (κ1) is 13.6. The van der Waals surface area contributed by atoms with Crippen LogP contribution < -0.4 is 15.5 Å². The Morgan fingerprint density at radius 1 is 1.53 bits per heavy atom. The fraction of sp³-hybridized carbons (Fsp3) is 0.571. The zero-order chi connectivity index (χ0) is 13.8. The molecule has 5 nitrogen and oxygen atoms in total.